The van der Waals surface area contributed by atoms with Gasteiger partial charge in [-0.25, -0.2) is 0 Å². The third-order valence-electron chi connectivity index (χ3n) is 5.72. The van der Waals surface area contributed by atoms with Crippen molar-refractivity contribution in [3.63, 3.8) is 0 Å². The van der Waals surface area contributed by atoms with Gasteiger partial charge in [-0.3, -0.25) is 9.78 Å². The Morgan fingerprint density at radius 1 is 0.938 bits per heavy atom. The fourth-order valence-corrected chi connectivity index (χ4v) is 3.79. The highest BCUT2D eigenvalue weighted by Crippen LogP contribution is 2.33. The van der Waals surface area contributed by atoms with Gasteiger partial charge in [0.2, 0.25) is 0 Å². The Morgan fingerprint density at radius 3 is 2.50 bits per heavy atom. The van der Waals surface area contributed by atoms with Crippen molar-refractivity contribution in [3.05, 3.63) is 48.3 Å². The van der Waals surface area contributed by atoms with E-state index in [-0.39, 0.29) is 12.1 Å². The number of hydrogen-bond acceptors (Lipinski definition) is 4. The number of pyridine rings is 1. The summed E-state index contributed by atoms with van der Waals surface area (Å²) in [6.45, 7) is 7.04. The highest BCUT2D eigenvalue weighted by Gasteiger charge is 2.14. The first-order chi connectivity index (χ1) is 15.7. The van der Waals surface area contributed by atoms with E-state index in [9.17, 15) is 4.79 Å². The molecule has 2 rings (SSSR count). The first-order valence-electron chi connectivity index (χ1n) is 12.5. The zero-order valence-corrected chi connectivity index (χ0v) is 20.3. The molecular formula is C28H41NO3. The number of hydrogen-bond donors (Lipinski definition) is 0. The van der Waals surface area contributed by atoms with Gasteiger partial charge in [0.1, 0.15) is 5.75 Å². The number of aromatic nitrogens is 1. The van der Waals surface area contributed by atoms with E-state index >= 15 is 0 Å². The van der Waals surface area contributed by atoms with Gasteiger partial charge >= 0.3 is 5.97 Å². The Bertz CT molecular complexity index is 790. The van der Waals surface area contributed by atoms with Gasteiger partial charge < -0.3 is 9.47 Å². The van der Waals surface area contributed by atoms with Crippen molar-refractivity contribution in [1.82, 2.24) is 4.98 Å². The van der Waals surface area contributed by atoms with Gasteiger partial charge in [-0.15, -0.1) is 0 Å². The lowest BCUT2D eigenvalue weighted by Gasteiger charge is -2.16. The Morgan fingerprint density at radius 2 is 1.69 bits per heavy atom. The van der Waals surface area contributed by atoms with Crippen LogP contribution in [0.25, 0.3) is 11.1 Å². The molecule has 0 spiro atoms. The number of para-hydroxylation sites is 1. The van der Waals surface area contributed by atoms with Crippen LogP contribution in [0.4, 0.5) is 0 Å². The van der Waals surface area contributed by atoms with E-state index in [2.05, 4.69) is 43.1 Å². The number of ether oxygens (including phenoxy) is 2. The molecule has 0 bridgehead atoms. The van der Waals surface area contributed by atoms with E-state index in [0.717, 1.165) is 61.2 Å². The van der Waals surface area contributed by atoms with Crippen LogP contribution in [0.1, 0.15) is 90.5 Å². The first kappa shape index (κ1) is 25.9. The van der Waals surface area contributed by atoms with Gasteiger partial charge in [0.25, 0.3) is 0 Å². The molecule has 0 aliphatic carbocycles. The van der Waals surface area contributed by atoms with Gasteiger partial charge in [0.05, 0.1) is 12.7 Å². The summed E-state index contributed by atoms with van der Waals surface area (Å²) in [5.74, 6) is 0.826. The van der Waals surface area contributed by atoms with Crippen LogP contribution in [0.3, 0.4) is 0 Å². The minimum absolute atomic E-state index is 0.0980. The number of nitrogens with zero attached hydrogens (tertiary/aromatic N) is 1. The van der Waals surface area contributed by atoms with Gasteiger partial charge in [0.15, 0.2) is 0 Å². The summed E-state index contributed by atoms with van der Waals surface area (Å²) >= 11 is 0. The normalized spacial score (nSPS) is 11.8. The summed E-state index contributed by atoms with van der Waals surface area (Å²) < 4.78 is 11.7. The minimum Gasteiger partial charge on any atom is -0.493 e. The summed E-state index contributed by atoms with van der Waals surface area (Å²) in [5, 5.41) is 0. The van der Waals surface area contributed by atoms with Gasteiger partial charge in [0, 0.05) is 24.4 Å². The quantitative estimate of drug-likeness (QED) is 0.200. The van der Waals surface area contributed by atoms with Crippen LogP contribution >= 0.6 is 0 Å². The predicted octanol–water partition coefficient (Wildman–Crippen LogP) is 7.54. The number of aryl methyl sites for hydroxylation is 1. The van der Waals surface area contributed by atoms with Crippen molar-refractivity contribution in [2.75, 3.05) is 6.61 Å². The van der Waals surface area contributed by atoms with Crippen molar-refractivity contribution in [3.8, 4) is 16.9 Å². The third kappa shape index (κ3) is 9.42. The Hall–Kier alpha value is -2.36. The number of carbonyl (C=O) groups excluding carboxylic acids is 1. The number of carbonyl (C=O) groups is 1. The van der Waals surface area contributed by atoms with Crippen LogP contribution in [-0.4, -0.2) is 23.7 Å². The molecule has 1 unspecified atom stereocenters. The lowest BCUT2D eigenvalue weighted by molar-refractivity contribution is -0.148. The third-order valence-corrected chi connectivity index (χ3v) is 5.72. The van der Waals surface area contributed by atoms with Crippen molar-refractivity contribution < 1.29 is 14.3 Å². The van der Waals surface area contributed by atoms with Crippen molar-refractivity contribution >= 4 is 5.97 Å². The zero-order chi connectivity index (χ0) is 23.0. The molecule has 1 heterocycles. The van der Waals surface area contributed by atoms with Crippen molar-refractivity contribution in [2.24, 2.45) is 0 Å². The lowest BCUT2D eigenvalue weighted by atomic mass is 9.97. The Kier molecular flexibility index (Phi) is 12.5. The molecule has 0 saturated carbocycles. The number of esters is 1. The van der Waals surface area contributed by atoms with Gasteiger partial charge in [-0.05, 0) is 55.9 Å². The van der Waals surface area contributed by atoms with Crippen LogP contribution in [0, 0.1) is 0 Å². The zero-order valence-electron chi connectivity index (χ0n) is 20.3. The molecule has 32 heavy (non-hydrogen) atoms. The molecule has 0 N–H and O–H groups in total. The fourth-order valence-electron chi connectivity index (χ4n) is 3.79. The van der Waals surface area contributed by atoms with Crippen LogP contribution in [-0.2, 0) is 16.0 Å². The maximum atomic E-state index is 11.9. The molecule has 2 aromatic rings. The lowest BCUT2D eigenvalue weighted by Crippen LogP contribution is -2.15. The molecule has 1 atom stereocenters. The van der Waals surface area contributed by atoms with Crippen molar-refractivity contribution in [1.29, 1.82) is 0 Å². The van der Waals surface area contributed by atoms with Crippen molar-refractivity contribution in [2.45, 2.75) is 97.5 Å². The van der Waals surface area contributed by atoms with Gasteiger partial charge in [-0.2, -0.15) is 0 Å². The molecule has 1 aromatic heterocycles. The Balaban J connectivity index is 1.95. The smallest absolute Gasteiger partial charge is 0.306 e. The summed E-state index contributed by atoms with van der Waals surface area (Å²) in [6, 6.07) is 10.3. The fraction of sp³-hybridized carbons (Fsp3) is 0.571. The molecule has 0 amide bonds. The summed E-state index contributed by atoms with van der Waals surface area (Å²) in [5.41, 5.74) is 3.39. The van der Waals surface area contributed by atoms with Crippen LogP contribution in [0.15, 0.2) is 42.7 Å². The molecular weight excluding hydrogens is 398 g/mol. The number of unbranched alkanes of at least 4 members (excludes halogenated alkanes) is 6. The van der Waals surface area contributed by atoms with E-state index in [1.807, 2.05) is 25.4 Å². The second kappa shape index (κ2) is 15.4. The summed E-state index contributed by atoms with van der Waals surface area (Å²) in [6.07, 6.45) is 15.1. The van der Waals surface area contributed by atoms with Crippen LogP contribution in [0.5, 0.6) is 5.75 Å². The van der Waals surface area contributed by atoms with E-state index in [1.165, 1.54) is 32.1 Å². The monoisotopic (exact) mass is 439 g/mol. The molecule has 4 nitrogen and oxygen atoms in total. The molecule has 176 valence electrons. The number of rotatable bonds is 16. The average Bonchev–Trinajstić information content (AvgIpc) is 2.81. The van der Waals surface area contributed by atoms with E-state index in [0.29, 0.717) is 6.42 Å². The highest BCUT2D eigenvalue weighted by molar-refractivity contribution is 5.73. The predicted molar refractivity (Wildman–Crippen MR) is 132 cm³/mol. The molecule has 0 aliphatic heterocycles. The molecule has 0 fully saturated rings. The SMILES string of the molecule is CCCCCCCCOc1ccccc1-c1ccncc1CCC(C)OC(=O)CCCC. The molecule has 1 aromatic carbocycles. The topological polar surface area (TPSA) is 48.4 Å². The Labute approximate surface area is 194 Å². The second-order valence-corrected chi connectivity index (χ2v) is 8.59. The molecule has 0 radical (unpaired) electrons. The maximum Gasteiger partial charge on any atom is 0.306 e. The molecule has 0 aliphatic rings. The average molecular weight is 440 g/mol. The number of benzene rings is 1. The first-order valence-corrected chi connectivity index (χ1v) is 12.5. The standard InChI is InChI=1S/C28H41NO3/c1-4-6-8-9-10-13-21-31-27-15-12-11-14-26(27)25-19-20-29-22-24(25)18-17-23(3)32-28(30)16-7-5-2/h11-12,14-15,19-20,22-23H,4-10,13,16-18,21H2,1-3H3. The van der Waals surface area contributed by atoms with E-state index in [1.54, 1.807) is 0 Å². The summed E-state index contributed by atoms with van der Waals surface area (Å²) in [7, 11) is 0. The van der Waals surface area contributed by atoms with Crippen LogP contribution < -0.4 is 4.74 Å². The second-order valence-electron chi connectivity index (χ2n) is 8.59. The van der Waals surface area contributed by atoms with Gasteiger partial charge in [-0.1, -0.05) is 70.6 Å². The largest absolute Gasteiger partial charge is 0.493 e. The highest BCUT2D eigenvalue weighted by atomic mass is 16.5. The molecule has 4 heteroatoms. The van der Waals surface area contributed by atoms with Crippen LogP contribution in [0.2, 0.25) is 0 Å². The minimum atomic E-state index is -0.105. The van der Waals surface area contributed by atoms with E-state index in [4.69, 9.17) is 9.47 Å². The molecule has 0 saturated heterocycles. The maximum absolute atomic E-state index is 11.9. The van der Waals surface area contributed by atoms with E-state index < -0.39 is 0 Å². The summed E-state index contributed by atoms with van der Waals surface area (Å²) in [4.78, 5) is 16.2.